The molecule has 0 spiro atoms. The lowest BCUT2D eigenvalue weighted by Gasteiger charge is -2.02. The summed E-state index contributed by atoms with van der Waals surface area (Å²) in [6.45, 7) is 4.03. The molecule has 0 atom stereocenters. The predicted octanol–water partition coefficient (Wildman–Crippen LogP) is 0.754. The molecule has 0 aromatic heterocycles. The van der Waals surface area contributed by atoms with Crippen LogP contribution in [0.3, 0.4) is 0 Å². The van der Waals surface area contributed by atoms with Crippen molar-refractivity contribution in [2.45, 2.75) is 27.7 Å². The summed E-state index contributed by atoms with van der Waals surface area (Å²) in [7, 11) is 0. The molecule has 0 unspecified atom stereocenters. The largest absolute Gasteiger partial charge is 0.364 e. The Morgan fingerprint density at radius 2 is 1.92 bits per heavy atom. The van der Waals surface area contributed by atoms with E-state index in [9.17, 15) is 9.59 Å². The maximum absolute atomic E-state index is 10.8. The zero-order chi connectivity index (χ0) is 9.40. The minimum absolute atomic E-state index is 0. The van der Waals surface area contributed by atoms with Crippen LogP contribution < -0.4 is 5.32 Å². The first-order chi connectivity index (χ1) is 5.66. The number of hydrogen-bond acceptors (Lipinski definition) is 3. The minimum atomic E-state index is -0.168. The molecule has 0 radical (unpaired) electrons. The van der Waals surface area contributed by atoms with E-state index in [2.05, 4.69) is 5.32 Å². The molecule has 0 saturated heterocycles. The van der Waals surface area contributed by atoms with Crippen molar-refractivity contribution in [3.8, 4) is 0 Å². The van der Waals surface area contributed by atoms with Gasteiger partial charge in [-0.2, -0.15) is 0 Å². The summed E-state index contributed by atoms with van der Waals surface area (Å²) >= 11 is 0. The lowest BCUT2D eigenvalue weighted by Crippen LogP contribution is -2.28. The normalized spacial score (nSPS) is 8.77. The number of hydrogen-bond donors (Lipinski definition) is 1. The molecular weight excluding hydrogens is 170 g/mol. The number of amides is 1. The van der Waals surface area contributed by atoms with E-state index in [1.54, 1.807) is 0 Å². The SMILES string of the molecule is C.CCCNC(=O)COCC(C)=O. The highest BCUT2D eigenvalue weighted by Gasteiger charge is 2.00. The molecular formula is C9H19NO3. The molecule has 1 amide bonds. The average Bonchev–Trinajstić information content (AvgIpc) is 2.00. The number of Topliss-reactive ketones (excluding diaryl/α,β-unsaturated/α-hetero) is 1. The lowest BCUT2D eigenvalue weighted by atomic mass is 10.4. The molecule has 0 aliphatic rings. The van der Waals surface area contributed by atoms with Crippen LogP contribution in [0.5, 0.6) is 0 Å². The highest BCUT2D eigenvalue weighted by atomic mass is 16.5. The summed E-state index contributed by atoms with van der Waals surface area (Å²) in [5.74, 6) is -0.239. The molecule has 0 aromatic carbocycles. The fourth-order valence-corrected chi connectivity index (χ4v) is 0.603. The molecule has 0 aliphatic carbocycles. The summed E-state index contributed by atoms with van der Waals surface area (Å²) < 4.78 is 4.79. The van der Waals surface area contributed by atoms with E-state index in [4.69, 9.17) is 4.74 Å². The van der Waals surface area contributed by atoms with Gasteiger partial charge < -0.3 is 10.1 Å². The molecule has 0 aromatic rings. The number of ether oxygens (including phenoxy) is 1. The number of carbonyl (C=O) groups is 2. The molecule has 0 saturated carbocycles. The first-order valence-electron chi connectivity index (χ1n) is 4.00. The molecule has 78 valence electrons. The molecule has 4 heteroatoms. The van der Waals surface area contributed by atoms with Gasteiger partial charge in [-0.3, -0.25) is 9.59 Å². The maximum atomic E-state index is 10.8. The zero-order valence-electron chi connectivity index (χ0n) is 7.55. The van der Waals surface area contributed by atoms with Crippen LogP contribution in [0.15, 0.2) is 0 Å². The molecule has 4 nitrogen and oxygen atoms in total. The van der Waals surface area contributed by atoms with Crippen molar-refractivity contribution in [3.05, 3.63) is 0 Å². The van der Waals surface area contributed by atoms with Crippen LogP contribution in [0, 0.1) is 0 Å². The molecule has 0 heterocycles. The number of carbonyl (C=O) groups excluding carboxylic acids is 2. The molecule has 0 fully saturated rings. The van der Waals surface area contributed by atoms with E-state index in [-0.39, 0.29) is 32.3 Å². The maximum Gasteiger partial charge on any atom is 0.246 e. The summed E-state index contributed by atoms with van der Waals surface area (Å²) in [6.07, 6.45) is 0.901. The third-order valence-electron chi connectivity index (χ3n) is 1.11. The Bertz CT molecular complexity index is 157. The van der Waals surface area contributed by atoms with Gasteiger partial charge in [-0.05, 0) is 13.3 Å². The zero-order valence-corrected chi connectivity index (χ0v) is 7.55. The summed E-state index contributed by atoms with van der Waals surface area (Å²) in [5.41, 5.74) is 0. The Morgan fingerprint density at radius 1 is 1.31 bits per heavy atom. The van der Waals surface area contributed by atoms with Crippen LogP contribution in [0.1, 0.15) is 27.7 Å². The quantitative estimate of drug-likeness (QED) is 0.671. The van der Waals surface area contributed by atoms with Crippen molar-refractivity contribution in [2.24, 2.45) is 0 Å². The Morgan fingerprint density at radius 3 is 2.38 bits per heavy atom. The van der Waals surface area contributed by atoms with Gasteiger partial charge in [-0.25, -0.2) is 0 Å². The second kappa shape index (κ2) is 9.19. The van der Waals surface area contributed by atoms with Crippen molar-refractivity contribution in [2.75, 3.05) is 19.8 Å². The fourth-order valence-electron chi connectivity index (χ4n) is 0.603. The van der Waals surface area contributed by atoms with Crippen molar-refractivity contribution in [3.63, 3.8) is 0 Å². The number of ketones is 1. The number of nitrogens with one attached hydrogen (secondary N) is 1. The molecule has 13 heavy (non-hydrogen) atoms. The first kappa shape index (κ1) is 14.6. The van der Waals surface area contributed by atoms with Crippen LogP contribution in [-0.4, -0.2) is 31.4 Å². The van der Waals surface area contributed by atoms with Crippen LogP contribution in [0.2, 0.25) is 0 Å². The van der Waals surface area contributed by atoms with E-state index in [0.29, 0.717) is 6.54 Å². The smallest absolute Gasteiger partial charge is 0.246 e. The van der Waals surface area contributed by atoms with Gasteiger partial charge in [0.1, 0.15) is 13.2 Å². The molecule has 0 bridgehead atoms. The second-order valence-electron chi connectivity index (χ2n) is 2.54. The Balaban J connectivity index is 0. The summed E-state index contributed by atoms with van der Waals surface area (Å²) in [6, 6.07) is 0. The van der Waals surface area contributed by atoms with Crippen molar-refractivity contribution < 1.29 is 14.3 Å². The molecule has 0 rings (SSSR count). The molecule has 0 aliphatic heterocycles. The van der Waals surface area contributed by atoms with Crippen LogP contribution in [0.4, 0.5) is 0 Å². The van der Waals surface area contributed by atoms with Crippen LogP contribution >= 0.6 is 0 Å². The van der Waals surface area contributed by atoms with Crippen molar-refractivity contribution in [1.29, 1.82) is 0 Å². The van der Waals surface area contributed by atoms with E-state index in [1.807, 2.05) is 6.92 Å². The van der Waals surface area contributed by atoms with E-state index >= 15 is 0 Å². The molecule has 1 N–H and O–H groups in total. The van der Waals surface area contributed by atoms with E-state index in [0.717, 1.165) is 6.42 Å². The van der Waals surface area contributed by atoms with Crippen LogP contribution in [-0.2, 0) is 14.3 Å². The van der Waals surface area contributed by atoms with Crippen molar-refractivity contribution in [1.82, 2.24) is 5.32 Å². The average molecular weight is 189 g/mol. The monoisotopic (exact) mass is 189 g/mol. The first-order valence-corrected chi connectivity index (χ1v) is 4.00. The van der Waals surface area contributed by atoms with Gasteiger partial charge in [-0.1, -0.05) is 14.4 Å². The van der Waals surface area contributed by atoms with E-state index < -0.39 is 0 Å². The third kappa shape index (κ3) is 11.1. The topological polar surface area (TPSA) is 55.4 Å². The summed E-state index contributed by atoms with van der Waals surface area (Å²) in [5, 5.41) is 2.63. The highest BCUT2D eigenvalue weighted by molar-refractivity contribution is 5.79. The van der Waals surface area contributed by atoms with Gasteiger partial charge in [0, 0.05) is 6.54 Å². The fraction of sp³-hybridized carbons (Fsp3) is 0.778. The van der Waals surface area contributed by atoms with Gasteiger partial charge in [-0.15, -0.1) is 0 Å². The van der Waals surface area contributed by atoms with Gasteiger partial charge in [0.25, 0.3) is 0 Å². The van der Waals surface area contributed by atoms with Gasteiger partial charge in [0.15, 0.2) is 5.78 Å². The Kier molecular flexibility index (Phi) is 10.3. The minimum Gasteiger partial charge on any atom is -0.364 e. The summed E-state index contributed by atoms with van der Waals surface area (Å²) in [4.78, 5) is 21.2. The number of rotatable bonds is 6. The lowest BCUT2D eigenvalue weighted by molar-refractivity contribution is -0.129. The Labute approximate surface area is 79.7 Å². The van der Waals surface area contributed by atoms with Gasteiger partial charge in [0.05, 0.1) is 0 Å². The van der Waals surface area contributed by atoms with Gasteiger partial charge >= 0.3 is 0 Å². The highest BCUT2D eigenvalue weighted by Crippen LogP contribution is 1.78. The standard InChI is InChI=1S/C8H15NO3.CH4/c1-3-4-9-8(11)6-12-5-7(2)10;/h3-6H2,1-2H3,(H,9,11);1H4. The second-order valence-corrected chi connectivity index (χ2v) is 2.54. The third-order valence-corrected chi connectivity index (χ3v) is 1.11. The van der Waals surface area contributed by atoms with Gasteiger partial charge in [0.2, 0.25) is 5.91 Å². The predicted molar refractivity (Wildman–Crippen MR) is 51.5 cm³/mol. The van der Waals surface area contributed by atoms with Crippen LogP contribution in [0.25, 0.3) is 0 Å². The van der Waals surface area contributed by atoms with E-state index in [1.165, 1.54) is 6.92 Å². The Hall–Kier alpha value is -0.900. The van der Waals surface area contributed by atoms with Crippen molar-refractivity contribution >= 4 is 11.7 Å².